The van der Waals surface area contributed by atoms with Crippen LogP contribution in [-0.2, 0) is 20.7 Å². The first kappa shape index (κ1) is 19.4. The minimum Gasteiger partial charge on any atom is -0.371 e. The molecule has 0 unspecified atom stereocenters. The highest BCUT2D eigenvalue weighted by molar-refractivity contribution is 6.31. The third-order valence-electron chi connectivity index (χ3n) is 4.61. The van der Waals surface area contributed by atoms with Crippen molar-refractivity contribution in [2.24, 2.45) is 0 Å². The average molecular weight is 387 g/mol. The maximum atomic E-state index is 12.1. The summed E-state index contributed by atoms with van der Waals surface area (Å²) in [5, 5.41) is 6.22. The van der Waals surface area contributed by atoms with Crippen molar-refractivity contribution >= 4 is 29.1 Å². The third-order valence-corrected chi connectivity index (χ3v) is 5.02. The number of carbonyl (C=O) groups is 2. The summed E-state index contributed by atoms with van der Waals surface area (Å²) < 4.78 is 5.77. The topological polar surface area (TPSA) is 67.4 Å². The molecule has 1 aliphatic rings. The summed E-state index contributed by atoms with van der Waals surface area (Å²) in [5.41, 5.74) is 3.96. The van der Waals surface area contributed by atoms with Crippen molar-refractivity contribution in [2.75, 3.05) is 18.5 Å². The van der Waals surface area contributed by atoms with E-state index in [4.69, 9.17) is 16.3 Å². The molecule has 27 heavy (non-hydrogen) atoms. The molecule has 0 aromatic heterocycles. The lowest BCUT2D eigenvalue weighted by molar-refractivity contribution is -0.124. The van der Waals surface area contributed by atoms with Gasteiger partial charge >= 0.3 is 0 Å². The second-order valence-electron chi connectivity index (χ2n) is 6.62. The quantitative estimate of drug-likeness (QED) is 0.793. The second-order valence-corrected chi connectivity index (χ2v) is 7.03. The van der Waals surface area contributed by atoms with Crippen LogP contribution in [0.2, 0.25) is 5.02 Å². The van der Waals surface area contributed by atoms with Gasteiger partial charge in [-0.15, -0.1) is 0 Å². The molecule has 2 N–H and O–H groups in total. The van der Waals surface area contributed by atoms with Gasteiger partial charge in [0.1, 0.15) is 6.10 Å². The van der Waals surface area contributed by atoms with Crippen molar-refractivity contribution in [3.05, 3.63) is 64.2 Å². The lowest BCUT2D eigenvalue weighted by Gasteiger charge is -2.26. The van der Waals surface area contributed by atoms with Gasteiger partial charge in [-0.2, -0.15) is 0 Å². The van der Waals surface area contributed by atoms with Gasteiger partial charge in [0.25, 0.3) is 0 Å². The number of carbonyl (C=O) groups excluding carboxylic acids is 2. The second kappa shape index (κ2) is 9.02. The summed E-state index contributed by atoms with van der Waals surface area (Å²) in [4.78, 5) is 24.1. The SMILES string of the molecule is Cc1ccc(NC(=O)CCC(=O)NC[C@@H]2OCCc3ccccc32)cc1Cl. The summed E-state index contributed by atoms with van der Waals surface area (Å²) in [7, 11) is 0. The number of benzene rings is 2. The van der Waals surface area contributed by atoms with Gasteiger partial charge in [0.05, 0.1) is 6.61 Å². The highest BCUT2D eigenvalue weighted by Gasteiger charge is 2.20. The van der Waals surface area contributed by atoms with Crippen molar-refractivity contribution in [1.29, 1.82) is 0 Å². The Hall–Kier alpha value is -2.37. The molecular formula is C21H23ClN2O3. The Balaban J connectivity index is 1.43. The van der Waals surface area contributed by atoms with Gasteiger partial charge < -0.3 is 15.4 Å². The summed E-state index contributed by atoms with van der Waals surface area (Å²) in [6.45, 7) is 2.96. The minimum atomic E-state index is -0.218. The van der Waals surface area contributed by atoms with Crippen molar-refractivity contribution < 1.29 is 14.3 Å². The van der Waals surface area contributed by atoms with E-state index < -0.39 is 0 Å². The van der Waals surface area contributed by atoms with E-state index >= 15 is 0 Å². The lowest BCUT2D eigenvalue weighted by Crippen LogP contribution is -2.32. The fourth-order valence-corrected chi connectivity index (χ4v) is 3.24. The number of ether oxygens (including phenoxy) is 1. The van der Waals surface area contributed by atoms with Crippen LogP contribution in [0.4, 0.5) is 5.69 Å². The molecule has 2 amide bonds. The van der Waals surface area contributed by atoms with Crippen LogP contribution in [0.15, 0.2) is 42.5 Å². The predicted molar refractivity (Wildman–Crippen MR) is 106 cm³/mol. The zero-order chi connectivity index (χ0) is 19.2. The number of aryl methyl sites for hydroxylation is 1. The Morgan fingerprint density at radius 3 is 2.74 bits per heavy atom. The molecule has 0 fully saturated rings. The van der Waals surface area contributed by atoms with E-state index in [2.05, 4.69) is 16.7 Å². The van der Waals surface area contributed by atoms with Crippen LogP contribution in [-0.4, -0.2) is 25.0 Å². The molecule has 5 nitrogen and oxygen atoms in total. The van der Waals surface area contributed by atoms with Crippen molar-refractivity contribution in [3.63, 3.8) is 0 Å². The summed E-state index contributed by atoms with van der Waals surface area (Å²) in [5.74, 6) is -0.386. The number of halogens is 1. The number of fused-ring (bicyclic) bond motifs is 1. The van der Waals surface area contributed by atoms with Gasteiger partial charge in [0, 0.05) is 30.1 Å². The van der Waals surface area contributed by atoms with Crippen LogP contribution in [0.3, 0.4) is 0 Å². The minimum absolute atomic E-state index is 0.111. The van der Waals surface area contributed by atoms with Gasteiger partial charge in [-0.1, -0.05) is 41.9 Å². The smallest absolute Gasteiger partial charge is 0.224 e. The molecule has 0 spiro atoms. The Morgan fingerprint density at radius 2 is 1.93 bits per heavy atom. The van der Waals surface area contributed by atoms with E-state index in [-0.39, 0.29) is 30.8 Å². The molecule has 6 heteroatoms. The molecule has 1 aliphatic heterocycles. The van der Waals surface area contributed by atoms with Gasteiger partial charge in [0.15, 0.2) is 0 Å². The molecule has 0 bridgehead atoms. The molecule has 0 saturated heterocycles. The van der Waals surface area contributed by atoms with Crippen LogP contribution in [0.5, 0.6) is 0 Å². The van der Waals surface area contributed by atoms with Crippen molar-refractivity contribution in [3.8, 4) is 0 Å². The summed E-state index contributed by atoms with van der Waals surface area (Å²) in [6.07, 6.45) is 0.991. The van der Waals surface area contributed by atoms with Crippen LogP contribution >= 0.6 is 11.6 Å². The molecule has 142 valence electrons. The Kier molecular flexibility index (Phi) is 6.48. The van der Waals surface area contributed by atoms with Crippen molar-refractivity contribution in [1.82, 2.24) is 5.32 Å². The number of hydrogen-bond acceptors (Lipinski definition) is 3. The van der Waals surface area contributed by atoms with Crippen LogP contribution in [0.1, 0.15) is 35.6 Å². The first-order valence-electron chi connectivity index (χ1n) is 9.05. The molecule has 0 saturated carbocycles. The monoisotopic (exact) mass is 386 g/mol. The molecule has 0 radical (unpaired) electrons. The van der Waals surface area contributed by atoms with Crippen molar-refractivity contribution in [2.45, 2.75) is 32.3 Å². The first-order valence-corrected chi connectivity index (χ1v) is 9.43. The Labute approximate surface area is 164 Å². The fraction of sp³-hybridized carbons (Fsp3) is 0.333. The van der Waals surface area contributed by atoms with Gasteiger partial charge in [-0.25, -0.2) is 0 Å². The van der Waals surface area contributed by atoms with E-state index in [1.807, 2.05) is 31.2 Å². The first-order chi connectivity index (χ1) is 13.0. The molecule has 0 aliphatic carbocycles. The Morgan fingerprint density at radius 1 is 1.15 bits per heavy atom. The van der Waals surface area contributed by atoms with Crippen LogP contribution in [0.25, 0.3) is 0 Å². The van der Waals surface area contributed by atoms with Gasteiger partial charge in [0.2, 0.25) is 11.8 Å². The van der Waals surface area contributed by atoms with E-state index in [1.54, 1.807) is 12.1 Å². The molecule has 2 aromatic carbocycles. The molecule has 2 aromatic rings. The van der Waals surface area contributed by atoms with Crippen LogP contribution < -0.4 is 10.6 Å². The predicted octanol–water partition coefficient (Wildman–Crippen LogP) is 3.80. The van der Waals surface area contributed by atoms with Gasteiger partial charge in [-0.05, 0) is 42.2 Å². The van der Waals surface area contributed by atoms with Gasteiger partial charge in [-0.3, -0.25) is 9.59 Å². The lowest BCUT2D eigenvalue weighted by atomic mass is 9.97. The molecular weight excluding hydrogens is 364 g/mol. The zero-order valence-corrected chi connectivity index (χ0v) is 16.0. The number of anilines is 1. The molecule has 1 atom stereocenters. The number of amides is 2. The van der Waals surface area contributed by atoms with E-state index in [0.29, 0.717) is 23.9 Å². The van der Waals surface area contributed by atoms with E-state index in [9.17, 15) is 9.59 Å². The van der Waals surface area contributed by atoms with E-state index in [0.717, 1.165) is 17.5 Å². The number of nitrogens with one attached hydrogen (secondary N) is 2. The molecule has 1 heterocycles. The number of hydrogen-bond donors (Lipinski definition) is 2. The number of rotatable bonds is 6. The fourth-order valence-electron chi connectivity index (χ4n) is 3.06. The Bertz CT molecular complexity index is 838. The summed E-state index contributed by atoms with van der Waals surface area (Å²) in [6, 6.07) is 13.4. The van der Waals surface area contributed by atoms with E-state index in [1.165, 1.54) is 5.56 Å². The molecule has 3 rings (SSSR count). The maximum Gasteiger partial charge on any atom is 0.224 e. The van der Waals surface area contributed by atoms with Crippen LogP contribution in [0, 0.1) is 6.92 Å². The highest BCUT2D eigenvalue weighted by atomic mass is 35.5. The highest BCUT2D eigenvalue weighted by Crippen LogP contribution is 2.26. The largest absolute Gasteiger partial charge is 0.371 e. The maximum absolute atomic E-state index is 12.1. The average Bonchev–Trinajstić information content (AvgIpc) is 2.67. The summed E-state index contributed by atoms with van der Waals surface area (Å²) >= 11 is 6.05. The third kappa shape index (κ3) is 5.31. The zero-order valence-electron chi connectivity index (χ0n) is 15.3. The standard InChI is InChI=1S/C21H23ClN2O3/c1-14-6-7-16(12-18(14)22)24-21(26)9-8-20(25)23-13-19-17-5-3-2-4-15(17)10-11-27-19/h2-7,12,19H,8-11,13H2,1H3,(H,23,25)(H,24,26)/t19-/m0/s1. The normalized spacial score (nSPS) is 15.7.